The number of ketones is 1. The van der Waals surface area contributed by atoms with Crippen molar-refractivity contribution in [3.63, 3.8) is 0 Å². The summed E-state index contributed by atoms with van der Waals surface area (Å²) in [6.07, 6.45) is 7.01. The van der Waals surface area contributed by atoms with Gasteiger partial charge in [-0.2, -0.15) is 0 Å². The maximum atomic E-state index is 12.3. The molecule has 1 aromatic heterocycles. The Balaban J connectivity index is 1.81. The van der Waals surface area contributed by atoms with Crippen LogP contribution >= 0.6 is 0 Å². The van der Waals surface area contributed by atoms with E-state index < -0.39 is 0 Å². The van der Waals surface area contributed by atoms with Gasteiger partial charge < -0.3 is 0 Å². The normalized spacial score (nSPS) is 32.6. The highest BCUT2D eigenvalue weighted by atomic mass is 16.1. The first-order valence-corrected chi connectivity index (χ1v) is 6.03. The van der Waals surface area contributed by atoms with E-state index in [1.165, 1.54) is 12.8 Å². The Morgan fingerprint density at radius 2 is 1.94 bits per heavy atom. The number of pyridine rings is 1. The highest BCUT2D eigenvalue weighted by molar-refractivity contribution is 6.00. The second-order valence-electron chi connectivity index (χ2n) is 4.83. The summed E-state index contributed by atoms with van der Waals surface area (Å²) in [6, 6.07) is 3.78. The summed E-state index contributed by atoms with van der Waals surface area (Å²) < 4.78 is 0. The van der Waals surface area contributed by atoms with Crippen LogP contribution < -0.4 is 0 Å². The van der Waals surface area contributed by atoms with Crippen LogP contribution in [0.1, 0.15) is 29.6 Å². The number of aromatic nitrogens is 1. The van der Waals surface area contributed by atoms with Crippen molar-refractivity contribution in [3.05, 3.63) is 30.1 Å². The minimum absolute atomic E-state index is 0.134. The van der Waals surface area contributed by atoms with Crippen LogP contribution in [0, 0.1) is 5.92 Å². The lowest BCUT2D eigenvalue weighted by Crippen LogP contribution is -2.52. The average molecular weight is 216 g/mol. The van der Waals surface area contributed by atoms with Crippen LogP contribution in [0.25, 0.3) is 0 Å². The number of Topliss-reactive ketones (excluding diaryl/α,β-unsaturated/α-hetero) is 1. The second kappa shape index (κ2) is 3.98. The zero-order valence-corrected chi connectivity index (χ0v) is 9.30. The predicted molar refractivity (Wildman–Crippen MR) is 61.3 cm³/mol. The molecular formula is C13H16N2O. The standard InChI is InChI=1S/C13H16N2O/c16-13(11-1-5-14-6-2-11)12-9-10-3-7-15(12)8-4-10/h1-2,5-6,10,12H,3-4,7-9H2/t12-/m0/s1. The largest absolute Gasteiger partial charge is 0.293 e. The maximum Gasteiger partial charge on any atom is 0.180 e. The lowest BCUT2D eigenvalue weighted by atomic mass is 9.81. The van der Waals surface area contributed by atoms with Gasteiger partial charge in [0.05, 0.1) is 6.04 Å². The number of carbonyl (C=O) groups excluding carboxylic acids is 1. The minimum Gasteiger partial charge on any atom is -0.293 e. The van der Waals surface area contributed by atoms with Crippen LogP contribution in [-0.2, 0) is 0 Å². The van der Waals surface area contributed by atoms with E-state index in [1.807, 2.05) is 12.1 Å². The fourth-order valence-electron chi connectivity index (χ4n) is 2.95. The molecule has 0 spiro atoms. The Morgan fingerprint density at radius 3 is 2.50 bits per heavy atom. The van der Waals surface area contributed by atoms with Gasteiger partial charge in [0.25, 0.3) is 0 Å². The summed E-state index contributed by atoms with van der Waals surface area (Å²) in [4.78, 5) is 18.6. The van der Waals surface area contributed by atoms with E-state index in [1.54, 1.807) is 12.4 Å². The molecule has 0 saturated carbocycles. The van der Waals surface area contributed by atoms with Crippen LogP contribution in [0.3, 0.4) is 0 Å². The first-order chi connectivity index (χ1) is 7.84. The minimum atomic E-state index is 0.134. The third-order valence-corrected chi connectivity index (χ3v) is 3.91. The Hall–Kier alpha value is -1.22. The fraction of sp³-hybridized carbons (Fsp3) is 0.538. The van der Waals surface area contributed by atoms with E-state index in [0.29, 0.717) is 0 Å². The molecule has 3 aliphatic heterocycles. The molecule has 4 rings (SSSR count). The van der Waals surface area contributed by atoms with Crippen LogP contribution in [0.2, 0.25) is 0 Å². The van der Waals surface area contributed by atoms with Crippen LogP contribution in [0.15, 0.2) is 24.5 Å². The van der Waals surface area contributed by atoms with Crippen molar-refractivity contribution in [1.82, 2.24) is 9.88 Å². The first kappa shape index (κ1) is 9.97. The van der Waals surface area contributed by atoms with Crippen molar-refractivity contribution in [3.8, 4) is 0 Å². The average Bonchev–Trinajstić information content (AvgIpc) is 2.40. The fourth-order valence-corrected chi connectivity index (χ4v) is 2.95. The first-order valence-electron chi connectivity index (χ1n) is 6.03. The molecule has 3 aliphatic rings. The summed E-state index contributed by atoms with van der Waals surface area (Å²) in [5, 5.41) is 0. The molecule has 0 aromatic carbocycles. The van der Waals surface area contributed by atoms with Gasteiger partial charge in [-0.15, -0.1) is 0 Å². The van der Waals surface area contributed by atoms with Crippen molar-refractivity contribution in [2.75, 3.05) is 13.1 Å². The lowest BCUT2D eigenvalue weighted by molar-refractivity contribution is 0.0406. The Kier molecular flexibility index (Phi) is 2.48. The zero-order valence-electron chi connectivity index (χ0n) is 9.30. The molecular weight excluding hydrogens is 200 g/mol. The number of piperidine rings is 3. The highest BCUT2D eigenvalue weighted by Crippen LogP contribution is 2.33. The van der Waals surface area contributed by atoms with Crippen molar-refractivity contribution >= 4 is 5.78 Å². The highest BCUT2D eigenvalue weighted by Gasteiger charge is 2.37. The third kappa shape index (κ3) is 1.65. The molecule has 2 bridgehead atoms. The van der Waals surface area contributed by atoms with E-state index in [2.05, 4.69) is 9.88 Å². The molecule has 0 amide bonds. The van der Waals surface area contributed by atoms with Gasteiger partial charge in [-0.25, -0.2) is 0 Å². The molecule has 3 heteroatoms. The van der Waals surface area contributed by atoms with Gasteiger partial charge in [0.1, 0.15) is 0 Å². The Bertz CT molecular complexity index is 382. The summed E-state index contributed by atoms with van der Waals surface area (Å²) >= 11 is 0. The molecule has 0 radical (unpaired) electrons. The quantitative estimate of drug-likeness (QED) is 0.706. The van der Waals surface area contributed by atoms with Gasteiger partial charge >= 0.3 is 0 Å². The van der Waals surface area contributed by atoms with Gasteiger partial charge in [0.15, 0.2) is 5.78 Å². The topological polar surface area (TPSA) is 33.2 Å². The molecule has 16 heavy (non-hydrogen) atoms. The molecule has 1 aromatic rings. The molecule has 3 fully saturated rings. The van der Waals surface area contributed by atoms with Crippen molar-refractivity contribution < 1.29 is 4.79 Å². The summed E-state index contributed by atoms with van der Waals surface area (Å²) in [6.45, 7) is 2.21. The zero-order chi connectivity index (χ0) is 11.0. The van der Waals surface area contributed by atoms with Crippen molar-refractivity contribution in [1.29, 1.82) is 0 Å². The van der Waals surface area contributed by atoms with Crippen molar-refractivity contribution in [2.45, 2.75) is 25.3 Å². The van der Waals surface area contributed by atoms with E-state index in [-0.39, 0.29) is 11.8 Å². The molecule has 0 aliphatic carbocycles. The van der Waals surface area contributed by atoms with Crippen LogP contribution in [-0.4, -0.2) is 34.8 Å². The van der Waals surface area contributed by atoms with Gasteiger partial charge in [-0.3, -0.25) is 14.7 Å². The monoisotopic (exact) mass is 216 g/mol. The summed E-state index contributed by atoms with van der Waals surface area (Å²) in [5.74, 6) is 1.06. The van der Waals surface area contributed by atoms with E-state index in [0.717, 1.165) is 31.0 Å². The Morgan fingerprint density at radius 1 is 1.25 bits per heavy atom. The predicted octanol–water partition coefficient (Wildman–Crippen LogP) is 1.75. The molecule has 84 valence electrons. The van der Waals surface area contributed by atoms with E-state index in [4.69, 9.17) is 0 Å². The van der Waals surface area contributed by atoms with Crippen LogP contribution in [0.5, 0.6) is 0 Å². The van der Waals surface area contributed by atoms with Gasteiger partial charge in [-0.05, 0) is 50.4 Å². The third-order valence-electron chi connectivity index (χ3n) is 3.91. The summed E-state index contributed by atoms with van der Waals surface area (Å²) in [7, 11) is 0. The molecule has 4 heterocycles. The molecule has 1 atom stereocenters. The van der Waals surface area contributed by atoms with Gasteiger partial charge in [0.2, 0.25) is 0 Å². The SMILES string of the molecule is O=C(c1ccncc1)[C@@H]1CC2CCN1CC2. The number of hydrogen-bond acceptors (Lipinski definition) is 3. The lowest BCUT2D eigenvalue weighted by Gasteiger charge is -2.44. The number of fused-ring (bicyclic) bond motifs is 3. The maximum absolute atomic E-state index is 12.3. The molecule has 0 N–H and O–H groups in total. The van der Waals surface area contributed by atoms with E-state index >= 15 is 0 Å². The summed E-state index contributed by atoms with van der Waals surface area (Å²) in [5.41, 5.74) is 0.813. The smallest absolute Gasteiger partial charge is 0.180 e. The van der Waals surface area contributed by atoms with Crippen molar-refractivity contribution in [2.24, 2.45) is 5.92 Å². The number of carbonyl (C=O) groups is 1. The molecule has 3 nitrogen and oxygen atoms in total. The number of hydrogen-bond donors (Lipinski definition) is 0. The number of nitrogens with zero attached hydrogens (tertiary/aromatic N) is 2. The molecule has 3 saturated heterocycles. The van der Waals surface area contributed by atoms with Gasteiger partial charge in [-0.1, -0.05) is 0 Å². The van der Waals surface area contributed by atoms with Crippen LogP contribution in [0.4, 0.5) is 0 Å². The van der Waals surface area contributed by atoms with E-state index in [9.17, 15) is 4.79 Å². The second-order valence-corrected chi connectivity index (χ2v) is 4.83. The molecule has 0 unspecified atom stereocenters. The van der Waals surface area contributed by atoms with Gasteiger partial charge in [0, 0.05) is 18.0 Å². The Labute approximate surface area is 95.5 Å². The number of rotatable bonds is 2.